The molecule has 2 aliphatic carbocycles. The summed E-state index contributed by atoms with van der Waals surface area (Å²) in [4.78, 5) is 0. The van der Waals surface area contributed by atoms with Gasteiger partial charge in [-0.15, -0.1) is 0 Å². The van der Waals surface area contributed by atoms with Gasteiger partial charge in [0.1, 0.15) is 0 Å². The standard InChI is InChI=1S/C14H18O2/c15-12-7-3-5-10-8-9-4-1-2-6-11(9)13(12)14(10)16/h1-2,4,6,10,12-16H,3,5,7-8H2/t10-,12+,13-,14+/m1/s1. The van der Waals surface area contributed by atoms with Crippen LogP contribution in [-0.4, -0.2) is 22.4 Å². The molecule has 0 radical (unpaired) electrons. The van der Waals surface area contributed by atoms with E-state index in [1.165, 1.54) is 11.1 Å². The molecule has 0 saturated heterocycles. The first-order valence-corrected chi connectivity index (χ1v) is 6.21. The summed E-state index contributed by atoms with van der Waals surface area (Å²) in [5.41, 5.74) is 2.49. The third-order valence-electron chi connectivity index (χ3n) is 4.24. The molecule has 2 N–H and O–H groups in total. The monoisotopic (exact) mass is 218 g/mol. The highest BCUT2D eigenvalue weighted by molar-refractivity contribution is 5.36. The van der Waals surface area contributed by atoms with E-state index in [-0.39, 0.29) is 18.1 Å². The maximum absolute atomic E-state index is 10.3. The lowest BCUT2D eigenvalue weighted by atomic mass is 9.73. The number of aliphatic hydroxyl groups is 2. The predicted molar refractivity (Wildman–Crippen MR) is 62.2 cm³/mol. The SMILES string of the molecule is O[C@H]1[C@@H]2CCC[C@H](O)[C@H]1c1ccccc1C2. The number of aliphatic hydroxyl groups excluding tert-OH is 2. The van der Waals surface area contributed by atoms with Crippen LogP contribution in [0.4, 0.5) is 0 Å². The van der Waals surface area contributed by atoms with E-state index in [1.54, 1.807) is 0 Å². The quantitative estimate of drug-likeness (QED) is 0.697. The van der Waals surface area contributed by atoms with Crippen LogP contribution < -0.4 is 0 Å². The van der Waals surface area contributed by atoms with Crippen LogP contribution in [0.3, 0.4) is 0 Å². The molecule has 1 fully saturated rings. The minimum Gasteiger partial charge on any atom is -0.392 e. The van der Waals surface area contributed by atoms with Gasteiger partial charge in [0.25, 0.3) is 0 Å². The molecule has 4 atom stereocenters. The van der Waals surface area contributed by atoms with Crippen molar-refractivity contribution in [2.75, 3.05) is 0 Å². The van der Waals surface area contributed by atoms with Crippen LogP contribution in [0.15, 0.2) is 24.3 Å². The normalized spacial score (nSPS) is 37.6. The van der Waals surface area contributed by atoms with E-state index in [1.807, 2.05) is 6.07 Å². The first kappa shape index (κ1) is 10.3. The molecule has 1 aromatic rings. The van der Waals surface area contributed by atoms with Crippen molar-refractivity contribution >= 4 is 0 Å². The lowest BCUT2D eigenvalue weighted by Gasteiger charge is -2.36. The first-order chi connectivity index (χ1) is 7.77. The summed E-state index contributed by atoms with van der Waals surface area (Å²) in [5, 5.41) is 20.5. The Labute approximate surface area is 95.9 Å². The van der Waals surface area contributed by atoms with Gasteiger partial charge in [0.2, 0.25) is 0 Å². The summed E-state index contributed by atoms with van der Waals surface area (Å²) < 4.78 is 0. The Morgan fingerprint density at radius 1 is 1.06 bits per heavy atom. The fourth-order valence-corrected chi connectivity index (χ4v) is 3.40. The Morgan fingerprint density at radius 2 is 1.88 bits per heavy atom. The van der Waals surface area contributed by atoms with Crippen LogP contribution in [0.25, 0.3) is 0 Å². The zero-order valence-electron chi connectivity index (χ0n) is 9.34. The highest BCUT2D eigenvalue weighted by Crippen LogP contribution is 2.42. The summed E-state index contributed by atoms with van der Waals surface area (Å²) >= 11 is 0. The third kappa shape index (κ3) is 1.48. The number of hydrogen-bond acceptors (Lipinski definition) is 2. The Bertz CT molecular complexity index is 388. The molecule has 86 valence electrons. The molecule has 2 nitrogen and oxygen atoms in total. The average molecular weight is 218 g/mol. The van der Waals surface area contributed by atoms with Gasteiger partial charge in [-0.25, -0.2) is 0 Å². The van der Waals surface area contributed by atoms with Crippen molar-refractivity contribution in [1.29, 1.82) is 0 Å². The molecule has 2 aliphatic rings. The van der Waals surface area contributed by atoms with Gasteiger partial charge in [-0.3, -0.25) is 0 Å². The van der Waals surface area contributed by atoms with Gasteiger partial charge in [-0.2, -0.15) is 0 Å². The Hall–Kier alpha value is -0.860. The molecule has 2 bridgehead atoms. The van der Waals surface area contributed by atoms with Crippen LogP contribution in [0, 0.1) is 5.92 Å². The maximum atomic E-state index is 10.3. The van der Waals surface area contributed by atoms with E-state index in [0.717, 1.165) is 25.7 Å². The molecule has 16 heavy (non-hydrogen) atoms. The fraction of sp³-hybridized carbons (Fsp3) is 0.571. The van der Waals surface area contributed by atoms with E-state index in [2.05, 4.69) is 18.2 Å². The van der Waals surface area contributed by atoms with Gasteiger partial charge in [0.15, 0.2) is 0 Å². The van der Waals surface area contributed by atoms with Crippen molar-refractivity contribution in [2.24, 2.45) is 5.92 Å². The summed E-state index contributed by atoms with van der Waals surface area (Å²) in [6.07, 6.45) is 3.15. The molecule has 3 rings (SSSR count). The summed E-state index contributed by atoms with van der Waals surface area (Å²) in [7, 11) is 0. The molecule has 0 heterocycles. The second-order valence-corrected chi connectivity index (χ2v) is 5.18. The lowest BCUT2D eigenvalue weighted by molar-refractivity contribution is 0.0223. The highest BCUT2D eigenvalue weighted by Gasteiger charge is 2.40. The van der Waals surface area contributed by atoms with Gasteiger partial charge in [-0.1, -0.05) is 30.7 Å². The Morgan fingerprint density at radius 3 is 2.75 bits per heavy atom. The molecule has 2 heteroatoms. The topological polar surface area (TPSA) is 40.5 Å². The molecule has 0 spiro atoms. The van der Waals surface area contributed by atoms with Gasteiger partial charge in [0, 0.05) is 5.92 Å². The molecule has 0 aliphatic heterocycles. The van der Waals surface area contributed by atoms with E-state index in [4.69, 9.17) is 0 Å². The lowest BCUT2D eigenvalue weighted by Crippen LogP contribution is -2.38. The van der Waals surface area contributed by atoms with Gasteiger partial charge < -0.3 is 10.2 Å². The van der Waals surface area contributed by atoms with Gasteiger partial charge in [-0.05, 0) is 36.3 Å². The van der Waals surface area contributed by atoms with Crippen LogP contribution in [-0.2, 0) is 6.42 Å². The van der Waals surface area contributed by atoms with Gasteiger partial charge in [0.05, 0.1) is 12.2 Å². The molecular weight excluding hydrogens is 200 g/mol. The molecule has 0 aromatic heterocycles. The number of hydrogen-bond donors (Lipinski definition) is 2. The van der Waals surface area contributed by atoms with Gasteiger partial charge >= 0.3 is 0 Å². The molecule has 0 unspecified atom stereocenters. The highest BCUT2D eigenvalue weighted by atomic mass is 16.3. The minimum absolute atomic E-state index is 0.0579. The van der Waals surface area contributed by atoms with Crippen molar-refractivity contribution < 1.29 is 10.2 Å². The van der Waals surface area contributed by atoms with E-state index >= 15 is 0 Å². The molecule has 1 aromatic carbocycles. The van der Waals surface area contributed by atoms with Crippen molar-refractivity contribution in [3.05, 3.63) is 35.4 Å². The average Bonchev–Trinajstić information content (AvgIpc) is 2.38. The van der Waals surface area contributed by atoms with Crippen molar-refractivity contribution in [2.45, 2.75) is 43.8 Å². The Kier molecular flexibility index (Phi) is 2.49. The maximum Gasteiger partial charge on any atom is 0.0664 e. The van der Waals surface area contributed by atoms with E-state index in [9.17, 15) is 10.2 Å². The first-order valence-electron chi connectivity index (χ1n) is 6.21. The van der Waals surface area contributed by atoms with Crippen LogP contribution in [0.2, 0.25) is 0 Å². The summed E-state index contributed by atoms with van der Waals surface area (Å²) in [6.45, 7) is 0. The molecule has 0 amide bonds. The largest absolute Gasteiger partial charge is 0.392 e. The van der Waals surface area contributed by atoms with Crippen LogP contribution in [0.5, 0.6) is 0 Å². The summed E-state index contributed by atoms with van der Waals surface area (Å²) in [6, 6.07) is 8.26. The fourth-order valence-electron chi connectivity index (χ4n) is 3.40. The summed E-state index contributed by atoms with van der Waals surface area (Å²) in [5.74, 6) is 0.287. The number of fused-ring (bicyclic) bond motifs is 4. The molecule has 1 saturated carbocycles. The number of rotatable bonds is 0. The number of benzene rings is 1. The van der Waals surface area contributed by atoms with E-state index in [0.29, 0.717) is 5.92 Å². The zero-order chi connectivity index (χ0) is 11.1. The third-order valence-corrected chi connectivity index (χ3v) is 4.24. The second-order valence-electron chi connectivity index (χ2n) is 5.18. The Balaban J connectivity index is 2.09. The predicted octanol–water partition coefficient (Wildman–Crippen LogP) is 1.85. The minimum atomic E-state index is -0.374. The smallest absolute Gasteiger partial charge is 0.0664 e. The molecular formula is C14H18O2. The van der Waals surface area contributed by atoms with Crippen molar-refractivity contribution in [3.63, 3.8) is 0 Å². The van der Waals surface area contributed by atoms with E-state index < -0.39 is 0 Å². The van der Waals surface area contributed by atoms with Crippen LogP contribution >= 0.6 is 0 Å². The van der Waals surface area contributed by atoms with Crippen molar-refractivity contribution in [3.8, 4) is 0 Å². The zero-order valence-corrected chi connectivity index (χ0v) is 9.34. The second kappa shape index (κ2) is 3.86. The van der Waals surface area contributed by atoms with Crippen LogP contribution in [0.1, 0.15) is 36.3 Å². The van der Waals surface area contributed by atoms with Crippen molar-refractivity contribution in [1.82, 2.24) is 0 Å².